The lowest BCUT2D eigenvalue weighted by Crippen LogP contribution is -2.47. The van der Waals surface area contributed by atoms with E-state index in [2.05, 4.69) is 15.2 Å². The minimum absolute atomic E-state index is 0.102. The number of halogens is 3. The first-order chi connectivity index (χ1) is 19.7. The standard InChI is InChI=1S/C30H34F3N5O2S/c1-20-21(2)35-29(41-19-22-8-10-23(11-9-22)28(39)34-18-26-7-4-16-40-26)36-27(20)38-14-12-37(13-15-38)25-6-3-5-24(17-25)30(31,32)33/h3,5-6,8-11,17,26H,4,7,12-16,18-19H2,1-2H3,(H,34,39)/t26-/m1/s1. The lowest BCUT2D eigenvalue weighted by Gasteiger charge is -2.37. The van der Waals surface area contributed by atoms with Gasteiger partial charge in [0.25, 0.3) is 5.91 Å². The molecule has 2 fully saturated rings. The van der Waals surface area contributed by atoms with E-state index in [-0.39, 0.29) is 12.0 Å². The van der Waals surface area contributed by atoms with Crippen molar-refractivity contribution >= 4 is 29.2 Å². The number of carbonyl (C=O) groups is 1. The van der Waals surface area contributed by atoms with E-state index in [4.69, 9.17) is 9.72 Å². The molecule has 0 radical (unpaired) electrons. The second kappa shape index (κ2) is 12.7. The zero-order valence-electron chi connectivity index (χ0n) is 23.2. The Labute approximate surface area is 242 Å². The molecule has 3 heterocycles. The van der Waals surface area contributed by atoms with Crippen LogP contribution in [0.5, 0.6) is 0 Å². The fraction of sp³-hybridized carbons (Fsp3) is 0.433. The summed E-state index contributed by atoms with van der Waals surface area (Å²) in [5.41, 5.74) is 3.53. The molecule has 0 aliphatic carbocycles. The number of aromatic nitrogens is 2. The van der Waals surface area contributed by atoms with Crippen molar-refractivity contribution < 1.29 is 22.7 Å². The first kappa shape index (κ1) is 29.2. The number of hydrogen-bond donors (Lipinski definition) is 1. The molecule has 1 N–H and O–H groups in total. The minimum Gasteiger partial charge on any atom is -0.376 e. The van der Waals surface area contributed by atoms with Gasteiger partial charge in [-0.15, -0.1) is 0 Å². The number of piperazine rings is 1. The van der Waals surface area contributed by atoms with Crippen LogP contribution in [0.1, 0.15) is 45.6 Å². The third-order valence-corrected chi connectivity index (χ3v) is 8.48. The first-order valence-electron chi connectivity index (χ1n) is 13.8. The Balaban J connectivity index is 1.18. The largest absolute Gasteiger partial charge is 0.416 e. The number of amides is 1. The summed E-state index contributed by atoms with van der Waals surface area (Å²) in [6.07, 6.45) is -2.23. The maximum Gasteiger partial charge on any atom is 0.416 e. The molecule has 0 saturated carbocycles. The van der Waals surface area contributed by atoms with E-state index in [1.54, 1.807) is 6.07 Å². The molecule has 2 aliphatic rings. The lowest BCUT2D eigenvalue weighted by atomic mass is 10.1. The van der Waals surface area contributed by atoms with Crippen molar-refractivity contribution in [2.45, 2.75) is 49.9 Å². The molecule has 41 heavy (non-hydrogen) atoms. The van der Waals surface area contributed by atoms with E-state index in [9.17, 15) is 18.0 Å². The molecule has 2 saturated heterocycles. The van der Waals surface area contributed by atoms with Crippen LogP contribution in [0, 0.1) is 13.8 Å². The number of thioether (sulfide) groups is 1. The Morgan fingerprint density at radius 1 is 1.05 bits per heavy atom. The van der Waals surface area contributed by atoms with E-state index in [0.29, 0.717) is 54.9 Å². The molecule has 0 bridgehead atoms. The van der Waals surface area contributed by atoms with Crippen molar-refractivity contribution in [1.29, 1.82) is 0 Å². The van der Waals surface area contributed by atoms with Crippen molar-refractivity contribution in [3.63, 3.8) is 0 Å². The van der Waals surface area contributed by atoms with Crippen LogP contribution in [0.4, 0.5) is 24.7 Å². The summed E-state index contributed by atoms with van der Waals surface area (Å²) in [5.74, 6) is 1.42. The van der Waals surface area contributed by atoms with Gasteiger partial charge in [0.15, 0.2) is 5.16 Å². The fourth-order valence-corrected chi connectivity index (χ4v) is 5.87. The van der Waals surface area contributed by atoms with Crippen molar-refractivity contribution in [2.24, 2.45) is 0 Å². The second-order valence-corrected chi connectivity index (χ2v) is 11.3. The number of alkyl halides is 3. The zero-order chi connectivity index (χ0) is 29.0. The minimum atomic E-state index is -4.36. The topological polar surface area (TPSA) is 70.6 Å². The van der Waals surface area contributed by atoms with Gasteiger partial charge in [-0.05, 0) is 62.6 Å². The third kappa shape index (κ3) is 7.32. The van der Waals surface area contributed by atoms with Crippen molar-refractivity contribution in [3.05, 3.63) is 76.5 Å². The Bertz CT molecular complexity index is 1360. The molecule has 1 atom stereocenters. The highest BCUT2D eigenvalue weighted by atomic mass is 32.2. The van der Waals surface area contributed by atoms with Crippen LogP contribution in [-0.2, 0) is 16.7 Å². The lowest BCUT2D eigenvalue weighted by molar-refractivity contribution is -0.137. The van der Waals surface area contributed by atoms with E-state index in [0.717, 1.165) is 48.2 Å². The van der Waals surface area contributed by atoms with Crippen LogP contribution < -0.4 is 15.1 Å². The first-order valence-corrected chi connectivity index (χ1v) is 14.8. The van der Waals surface area contributed by atoms with Crippen LogP contribution in [0.25, 0.3) is 0 Å². The van der Waals surface area contributed by atoms with Gasteiger partial charge in [-0.25, -0.2) is 9.97 Å². The van der Waals surface area contributed by atoms with Gasteiger partial charge in [0, 0.05) is 67.6 Å². The van der Waals surface area contributed by atoms with Crippen LogP contribution in [0.2, 0.25) is 0 Å². The molecule has 218 valence electrons. The van der Waals surface area contributed by atoms with E-state index in [1.807, 2.05) is 43.0 Å². The average molecular weight is 586 g/mol. The SMILES string of the molecule is Cc1nc(SCc2ccc(C(=O)NC[C@H]3CCCO3)cc2)nc(N2CCN(c3cccc(C(F)(F)F)c3)CC2)c1C. The maximum absolute atomic E-state index is 13.2. The van der Waals surface area contributed by atoms with Crippen molar-refractivity contribution in [2.75, 3.05) is 49.1 Å². The average Bonchev–Trinajstić information content (AvgIpc) is 3.50. The summed E-state index contributed by atoms with van der Waals surface area (Å²) in [6, 6.07) is 13.1. The third-order valence-electron chi connectivity index (χ3n) is 7.56. The summed E-state index contributed by atoms with van der Waals surface area (Å²) >= 11 is 1.53. The summed E-state index contributed by atoms with van der Waals surface area (Å²) in [7, 11) is 0. The fourth-order valence-electron chi connectivity index (χ4n) is 5.03. The number of nitrogens with one attached hydrogen (secondary N) is 1. The summed E-state index contributed by atoms with van der Waals surface area (Å²) in [5, 5.41) is 3.61. The second-order valence-electron chi connectivity index (χ2n) is 10.4. The van der Waals surface area contributed by atoms with E-state index in [1.165, 1.54) is 23.9 Å². The Hall–Kier alpha value is -3.31. The van der Waals surface area contributed by atoms with Gasteiger partial charge in [0.05, 0.1) is 11.7 Å². The Kier molecular flexibility index (Phi) is 9.03. The van der Waals surface area contributed by atoms with Gasteiger partial charge in [-0.1, -0.05) is 30.0 Å². The highest BCUT2D eigenvalue weighted by Crippen LogP contribution is 2.32. The highest BCUT2D eigenvalue weighted by molar-refractivity contribution is 7.98. The molecular formula is C30H34F3N5O2S. The monoisotopic (exact) mass is 585 g/mol. The van der Waals surface area contributed by atoms with Gasteiger partial charge in [0.2, 0.25) is 0 Å². The molecule has 1 aromatic heterocycles. The summed E-state index contributed by atoms with van der Waals surface area (Å²) < 4.78 is 45.1. The summed E-state index contributed by atoms with van der Waals surface area (Å²) in [4.78, 5) is 26.2. The van der Waals surface area contributed by atoms with Gasteiger partial charge >= 0.3 is 6.18 Å². The van der Waals surface area contributed by atoms with Crippen LogP contribution in [0.3, 0.4) is 0 Å². The molecule has 5 rings (SSSR count). The molecule has 2 aliphatic heterocycles. The molecule has 2 aromatic carbocycles. The highest BCUT2D eigenvalue weighted by Gasteiger charge is 2.31. The predicted molar refractivity (Wildman–Crippen MR) is 155 cm³/mol. The maximum atomic E-state index is 13.2. The smallest absolute Gasteiger partial charge is 0.376 e. The van der Waals surface area contributed by atoms with Crippen LogP contribution in [0.15, 0.2) is 53.7 Å². The number of hydrogen-bond acceptors (Lipinski definition) is 7. The van der Waals surface area contributed by atoms with Crippen molar-refractivity contribution in [1.82, 2.24) is 15.3 Å². The number of ether oxygens (including phenoxy) is 1. The van der Waals surface area contributed by atoms with E-state index >= 15 is 0 Å². The predicted octanol–water partition coefficient (Wildman–Crippen LogP) is 5.64. The number of aryl methyl sites for hydroxylation is 1. The van der Waals surface area contributed by atoms with Crippen molar-refractivity contribution in [3.8, 4) is 0 Å². The van der Waals surface area contributed by atoms with Gasteiger partial charge in [-0.2, -0.15) is 13.2 Å². The van der Waals surface area contributed by atoms with Gasteiger partial charge < -0.3 is 19.9 Å². The normalized spacial score (nSPS) is 17.6. The quantitative estimate of drug-likeness (QED) is 0.271. The number of carbonyl (C=O) groups excluding carboxylic acids is 1. The number of rotatable bonds is 8. The zero-order valence-corrected chi connectivity index (χ0v) is 24.0. The Morgan fingerprint density at radius 3 is 2.46 bits per heavy atom. The Morgan fingerprint density at radius 2 is 1.78 bits per heavy atom. The molecule has 11 heteroatoms. The molecule has 7 nitrogen and oxygen atoms in total. The molecule has 0 spiro atoms. The summed E-state index contributed by atoms with van der Waals surface area (Å²) in [6.45, 7) is 7.75. The number of anilines is 2. The molecule has 3 aromatic rings. The van der Waals surface area contributed by atoms with Crippen LogP contribution >= 0.6 is 11.8 Å². The van der Waals surface area contributed by atoms with E-state index < -0.39 is 11.7 Å². The molecule has 0 unspecified atom stereocenters. The molecular weight excluding hydrogens is 551 g/mol. The molecule has 1 amide bonds. The van der Waals surface area contributed by atoms with Crippen LogP contribution in [-0.4, -0.2) is 61.3 Å². The number of benzene rings is 2. The van der Waals surface area contributed by atoms with Gasteiger partial charge in [-0.3, -0.25) is 4.79 Å². The number of nitrogens with zero attached hydrogens (tertiary/aromatic N) is 4. The van der Waals surface area contributed by atoms with Gasteiger partial charge in [0.1, 0.15) is 5.82 Å².